The monoisotopic (exact) mass is 1190 g/mol. The lowest BCUT2D eigenvalue weighted by molar-refractivity contribution is -0.597. The highest BCUT2D eigenvalue weighted by molar-refractivity contribution is 7.97. The maximum atomic E-state index is 13.4. The number of alkyl halides is 10. The van der Waals surface area contributed by atoms with Crippen molar-refractivity contribution in [3.8, 4) is 0 Å². The molecule has 0 saturated carbocycles. The summed E-state index contributed by atoms with van der Waals surface area (Å²) in [6, 6.07) is 50.6. The lowest BCUT2D eigenvalue weighted by Gasteiger charge is -2.35. The highest BCUT2D eigenvalue weighted by Crippen LogP contribution is 2.49. The van der Waals surface area contributed by atoms with E-state index in [2.05, 4.69) is 181 Å². The van der Waals surface area contributed by atoms with Crippen molar-refractivity contribution >= 4 is 31.0 Å². The van der Waals surface area contributed by atoms with Crippen LogP contribution < -0.4 is 21.2 Å². The van der Waals surface area contributed by atoms with Gasteiger partial charge in [0.05, 0.1) is 17.3 Å². The van der Waals surface area contributed by atoms with Crippen LogP contribution in [0, 0.1) is 7.14 Å². The molecule has 0 radical (unpaired) electrons. The van der Waals surface area contributed by atoms with E-state index in [1.54, 1.807) is 0 Å². The number of nitrogens with zero attached hydrogens (tertiary/aromatic N) is 1. The summed E-state index contributed by atoms with van der Waals surface area (Å²) >= 11 is -0.0703. The minimum atomic E-state index is -5.98. The van der Waals surface area contributed by atoms with Crippen molar-refractivity contribution in [2.24, 2.45) is 0 Å². The average molecular weight is 1190 g/mol. The van der Waals surface area contributed by atoms with Gasteiger partial charge in [0.25, 0.3) is 21.9 Å². The Bertz CT molecular complexity index is 2490. The van der Waals surface area contributed by atoms with Crippen molar-refractivity contribution in [2.75, 3.05) is 18.8 Å². The van der Waals surface area contributed by atoms with E-state index in [-0.39, 0.29) is 80.1 Å². The first kappa shape index (κ1) is 62.6. The lowest BCUT2D eigenvalue weighted by atomic mass is 9.87. The second kappa shape index (κ2) is 25.2. The number of benzene rings is 5. The number of rotatable bonds is 13. The van der Waals surface area contributed by atoms with Crippen LogP contribution >= 0.6 is 0 Å². The lowest BCUT2D eigenvalue weighted by Crippen LogP contribution is -3.61. The Kier molecular flexibility index (Phi) is 21.9. The minimum absolute atomic E-state index is 0.0146. The first-order valence-electron chi connectivity index (χ1n) is 22.5. The summed E-state index contributed by atoms with van der Waals surface area (Å²) < 4.78 is 182. The molecule has 0 spiro atoms. The highest BCUT2D eigenvalue weighted by atomic mass is 127. The van der Waals surface area contributed by atoms with Crippen molar-refractivity contribution in [1.82, 2.24) is 4.31 Å². The smallest absolute Gasteiger partial charge is 0.427 e. The fourth-order valence-electron chi connectivity index (χ4n) is 6.68. The zero-order valence-electron chi connectivity index (χ0n) is 41.1. The molecule has 6 rings (SSSR count). The van der Waals surface area contributed by atoms with Crippen LogP contribution in [0.1, 0.15) is 92.2 Å². The van der Waals surface area contributed by atoms with E-state index in [0.29, 0.717) is 6.42 Å². The van der Waals surface area contributed by atoms with Gasteiger partial charge >= 0.3 is 38.3 Å². The maximum absolute atomic E-state index is 13.4. The van der Waals surface area contributed by atoms with Gasteiger partial charge in [0, 0.05) is 20.0 Å². The molecule has 1 heterocycles. The first-order chi connectivity index (χ1) is 32.9. The first-order valence-corrected chi connectivity index (χ1v) is 28.9. The van der Waals surface area contributed by atoms with Crippen molar-refractivity contribution in [3.05, 3.63) is 158 Å². The van der Waals surface area contributed by atoms with E-state index in [4.69, 9.17) is 0 Å². The fraction of sp³-hybridized carbons (Fsp3) is 0.423. The van der Waals surface area contributed by atoms with Crippen LogP contribution in [0.5, 0.6) is 0 Å². The van der Waals surface area contributed by atoms with E-state index in [9.17, 15) is 65.3 Å². The molecule has 1 fully saturated rings. The van der Waals surface area contributed by atoms with Crippen LogP contribution in [-0.2, 0) is 41.9 Å². The molecular formula is C52H61F10INO5S3+. The standard InChI is InChI=1S/C20H26I.C18H15S.C9H13F6NO2S.C5H8F4O3S/c1-19(2,3)15-7-11-17(12-8-15)21-18-13-9-16(10-14-18)20(4,5)6;1-4-10-16(11-5-1)19(17-12-6-2-7-13-17)18-14-8-3-9-15-18;1-7(10,11)8(12,13)9(14,15)19(17,18)16-5-3-2-4-6-16;1-4(6,7)2-5(8,9)3-13(10,11)12/h7-14H,1-6H3;1-15H;2-6H2,1H3;2-3H2,1H3,(H,10,11,12)/q2*+1;;/p-1. The van der Waals surface area contributed by atoms with Gasteiger partial charge < -0.3 is 4.55 Å². The molecule has 1 saturated heterocycles. The molecular weight excluding hydrogens is 1130 g/mol. The highest BCUT2D eigenvalue weighted by Gasteiger charge is 2.76. The normalized spacial score (nSPS) is 14.5. The SMILES string of the molecule is CC(C)(C)c1ccc([I+]c2ccc(C(C)(C)C)cc2)cc1.CC(F)(F)C(F)(F)C(F)(F)S(=O)(=O)N1CCCCC1.CC(F)(F)CC(F)(F)CS(=O)(=O)[O-].c1ccc([S+](c2ccccc2)c2ccccc2)cc1. The van der Waals surface area contributed by atoms with Crippen molar-refractivity contribution in [2.45, 2.75) is 136 Å². The Morgan fingerprint density at radius 1 is 0.514 bits per heavy atom. The van der Waals surface area contributed by atoms with Gasteiger partial charge in [-0.3, -0.25) is 0 Å². The molecule has 0 unspecified atom stereocenters. The van der Waals surface area contributed by atoms with E-state index in [0.717, 1.165) is 0 Å². The Hall–Kier alpha value is -3.70. The van der Waals surface area contributed by atoms with Crippen molar-refractivity contribution < 1.29 is 86.5 Å². The number of sulfonamides is 1. The summed E-state index contributed by atoms with van der Waals surface area (Å²) in [6.07, 6.45) is -0.924. The Balaban J connectivity index is 0.000000257. The minimum Gasteiger partial charge on any atom is -0.748 e. The summed E-state index contributed by atoms with van der Waals surface area (Å²) in [5.41, 5.74) is 3.31. The summed E-state index contributed by atoms with van der Waals surface area (Å²) in [7, 11) is -11.0. The van der Waals surface area contributed by atoms with Crippen molar-refractivity contribution in [3.63, 3.8) is 0 Å². The van der Waals surface area contributed by atoms with Gasteiger partial charge in [0.1, 0.15) is 15.9 Å². The fourth-order valence-corrected chi connectivity index (χ4v) is 13.1. The Morgan fingerprint density at radius 3 is 1.12 bits per heavy atom. The van der Waals surface area contributed by atoms with Crippen LogP contribution in [-0.4, -0.2) is 73.5 Å². The Labute approximate surface area is 431 Å². The van der Waals surface area contributed by atoms with Crippen LogP contribution in [0.15, 0.2) is 154 Å². The van der Waals surface area contributed by atoms with E-state index >= 15 is 0 Å². The van der Waals surface area contributed by atoms with Gasteiger partial charge in [0.15, 0.2) is 21.8 Å². The number of hydrogen-bond acceptors (Lipinski definition) is 5. The molecule has 1 aliphatic heterocycles. The molecule has 6 nitrogen and oxygen atoms in total. The third kappa shape index (κ3) is 19.2. The van der Waals surface area contributed by atoms with Crippen LogP contribution in [0.3, 0.4) is 0 Å². The van der Waals surface area contributed by atoms with Gasteiger partial charge in [-0.2, -0.15) is 30.6 Å². The van der Waals surface area contributed by atoms with Crippen LogP contribution in [0.2, 0.25) is 0 Å². The average Bonchev–Trinajstić information content (AvgIpc) is 3.26. The summed E-state index contributed by atoms with van der Waals surface area (Å²) in [5, 5.41) is -5.85. The van der Waals surface area contributed by atoms with Gasteiger partial charge in [-0.1, -0.05) is 127 Å². The molecule has 1 aliphatic rings. The largest absolute Gasteiger partial charge is 0.748 e. The summed E-state index contributed by atoms with van der Waals surface area (Å²) in [6.45, 7) is 12.6. The second-order valence-electron chi connectivity index (χ2n) is 19.1. The zero-order chi connectivity index (χ0) is 54.6. The van der Waals surface area contributed by atoms with Crippen LogP contribution in [0.25, 0.3) is 0 Å². The molecule has 5 aromatic carbocycles. The predicted molar refractivity (Wildman–Crippen MR) is 259 cm³/mol. The Morgan fingerprint density at radius 2 is 0.847 bits per heavy atom. The van der Waals surface area contributed by atoms with E-state index in [1.807, 2.05) is 0 Å². The van der Waals surface area contributed by atoms with E-state index in [1.165, 1.54) is 33.0 Å². The molecule has 0 aromatic heterocycles. The molecule has 0 atom stereocenters. The molecule has 0 bridgehead atoms. The van der Waals surface area contributed by atoms with Crippen LogP contribution in [0.4, 0.5) is 43.9 Å². The molecule has 72 heavy (non-hydrogen) atoms. The number of piperidine rings is 1. The van der Waals surface area contributed by atoms with Gasteiger partial charge in [0.2, 0.25) is 0 Å². The van der Waals surface area contributed by atoms with Gasteiger partial charge in [-0.05, 0) is 102 Å². The molecule has 20 heteroatoms. The number of halogens is 11. The van der Waals surface area contributed by atoms with Crippen molar-refractivity contribution in [1.29, 1.82) is 0 Å². The third-order valence-electron chi connectivity index (χ3n) is 10.4. The molecule has 0 aliphatic carbocycles. The quantitative estimate of drug-likeness (QED) is 0.0507. The summed E-state index contributed by atoms with van der Waals surface area (Å²) in [4.78, 5) is 4.08. The molecule has 0 N–H and O–H groups in total. The predicted octanol–water partition coefficient (Wildman–Crippen LogP) is 11.1. The number of hydrogen-bond donors (Lipinski definition) is 0. The topological polar surface area (TPSA) is 94.6 Å². The van der Waals surface area contributed by atoms with Gasteiger partial charge in [-0.15, -0.1) is 0 Å². The maximum Gasteiger partial charge on any atom is 0.427 e. The second-order valence-corrected chi connectivity index (χ2v) is 27.5. The summed E-state index contributed by atoms with van der Waals surface area (Å²) in [5.74, 6) is -21.1. The van der Waals surface area contributed by atoms with Gasteiger partial charge in [-0.25, -0.2) is 34.4 Å². The molecule has 398 valence electrons. The molecule has 5 aromatic rings. The third-order valence-corrected chi connectivity index (χ3v) is 18.1. The molecule has 0 amide bonds. The zero-order valence-corrected chi connectivity index (χ0v) is 45.7. The van der Waals surface area contributed by atoms with E-state index < -0.39 is 68.2 Å².